The van der Waals surface area contributed by atoms with Crippen molar-refractivity contribution in [3.8, 4) is 0 Å². The summed E-state index contributed by atoms with van der Waals surface area (Å²) in [5.74, 6) is -0.501. The molecule has 0 spiro atoms. The van der Waals surface area contributed by atoms with Gasteiger partial charge in [-0.2, -0.15) is 9.49 Å². The van der Waals surface area contributed by atoms with Crippen LogP contribution in [0.25, 0.3) is 11.0 Å². The summed E-state index contributed by atoms with van der Waals surface area (Å²) in [6, 6.07) is 0. The molecule has 0 radical (unpaired) electrons. The predicted octanol–water partition coefficient (Wildman–Crippen LogP) is 0.0742. The number of nitrogens with zero attached hydrogens (tertiary/aromatic N) is 3. The number of nitrogen functional groups attached to an aromatic ring is 1. The summed E-state index contributed by atoms with van der Waals surface area (Å²) < 4.78 is 12.7. The maximum Gasteiger partial charge on any atom is 0.222 e. The number of H-pyrrole nitrogens is 1. The molecule has 0 aromatic carbocycles. The predicted molar refractivity (Wildman–Crippen MR) is 36.1 cm³/mol. The van der Waals surface area contributed by atoms with E-state index in [0.717, 1.165) is 0 Å². The Morgan fingerprint density at radius 3 is 3.00 bits per heavy atom. The molecule has 0 aliphatic carbocycles. The van der Waals surface area contributed by atoms with E-state index < -0.39 is 5.95 Å². The van der Waals surface area contributed by atoms with Gasteiger partial charge in [-0.3, -0.25) is 5.10 Å². The topological polar surface area (TPSA) is 80.5 Å². The molecule has 2 aromatic rings. The van der Waals surface area contributed by atoms with Crippen LogP contribution in [-0.4, -0.2) is 20.2 Å². The Balaban J connectivity index is 2.96. The van der Waals surface area contributed by atoms with Crippen LogP contribution < -0.4 is 5.73 Å². The molecular weight excluding hydrogens is 149 g/mol. The summed E-state index contributed by atoms with van der Waals surface area (Å²) >= 11 is 0. The maximum absolute atomic E-state index is 12.7. The summed E-state index contributed by atoms with van der Waals surface area (Å²) in [4.78, 5) is 7.30. The van der Waals surface area contributed by atoms with Crippen LogP contribution in [0.3, 0.4) is 0 Å². The van der Waals surface area contributed by atoms with Crippen LogP contribution in [0.1, 0.15) is 0 Å². The van der Waals surface area contributed by atoms with E-state index in [0.29, 0.717) is 0 Å². The Morgan fingerprint density at radius 1 is 1.45 bits per heavy atom. The van der Waals surface area contributed by atoms with Gasteiger partial charge in [-0.15, -0.1) is 0 Å². The Bertz CT molecular complexity index is 395. The minimum absolute atomic E-state index is 0.0984. The van der Waals surface area contributed by atoms with Crippen LogP contribution in [-0.2, 0) is 0 Å². The highest BCUT2D eigenvalue weighted by Crippen LogP contribution is 2.15. The van der Waals surface area contributed by atoms with Gasteiger partial charge in [-0.25, -0.2) is 9.97 Å². The van der Waals surface area contributed by atoms with Crippen molar-refractivity contribution in [3.05, 3.63) is 12.3 Å². The molecule has 0 unspecified atom stereocenters. The van der Waals surface area contributed by atoms with Crippen LogP contribution >= 0.6 is 0 Å². The summed E-state index contributed by atoms with van der Waals surface area (Å²) in [6.45, 7) is 0. The van der Waals surface area contributed by atoms with Crippen LogP contribution in [0, 0.1) is 5.95 Å². The van der Waals surface area contributed by atoms with Crippen molar-refractivity contribution in [1.29, 1.82) is 0 Å². The zero-order valence-electron chi connectivity index (χ0n) is 5.37. The molecule has 2 rings (SSSR count). The quantitative estimate of drug-likeness (QED) is 0.561. The zero-order valence-corrected chi connectivity index (χ0v) is 5.37. The Labute approximate surface area is 60.5 Å². The number of fused-ring (bicyclic) bond motifs is 1. The molecule has 2 aromatic heterocycles. The van der Waals surface area contributed by atoms with Crippen LogP contribution in [0.4, 0.5) is 10.2 Å². The molecule has 3 N–H and O–H groups in total. The molecule has 0 saturated heterocycles. The Morgan fingerprint density at radius 2 is 2.27 bits per heavy atom. The van der Waals surface area contributed by atoms with E-state index in [1.165, 1.54) is 6.33 Å². The maximum atomic E-state index is 12.7. The van der Waals surface area contributed by atoms with Crippen molar-refractivity contribution >= 4 is 16.9 Å². The second kappa shape index (κ2) is 1.88. The standard InChI is InChI=1S/C5H4FN5/c6-3-2-4(7)8-1-9-5(2)11-10-3/h1H,(H3,7,8,9,10,11). The molecular formula is C5H4FN5. The first-order valence-electron chi connectivity index (χ1n) is 2.89. The third-order valence-electron chi connectivity index (χ3n) is 1.34. The van der Waals surface area contributed by atoms with E-state index in [9.17, 15) is 4.39 Å². The second-order valence-corrected chi connectivity index (χ2v) is 2.00. The monoisotopic (exact) mass is 153 g/mol. The smallest absolute Gasteiger partial charge is 0.222 e. The zero-order chi connectivity index (χ0) is 7.84. The van der Waals surface area contributed by atoms with Gasteiger partial charge in [0.25, 0.3) is 0 Å². The highest BCUT2D eigenvalue weighted by Gasteiger charge is 2.08. The van der Waals surface area contributed by atoms with Gasteiger partial charge in [-0.05, 0) is 0 Å². The molecule has 0 bridgehead atoms. The fourth-order valence-corrected chi connectivity index (χ4v) is 0.843. The van der Waals surface area contributed by atoms with Crippen molar-refractivity contribution in [3.63, 3.8) is 0 Å². The number of halogens is 1. The molecule has 5 nitrogen and oxygen atoms in total. The van der Waals surface area contributed by atoms with Crippen molar-refractivity contribution < 1.29 is 4.39 Å². The summed E-state index contributed by atoms with van der Waals surface area (Å²) in [6.07, 6.45) is 1.23. The SMILES string of the molecule is Nc1ncnc2n[nH]c(F)c12. The average molecular weight is 153 g/mol. The third-order valence-corrected chi connectivity index (χ3v) is 1.34. The Hall–Kier alpha value is -1.72. The molecule has 0 saturated carbocycles. The lowest BCUT2D eigenvalue weighted by atomic mass is 10.4. The van der Waals surface area contributed by atoms with Crippen LogP contribution in [0.2, 0.25) is 0 Å². The number of rotatable bonds is 0. The number of aromatic nitrogens is 4. The highest BCUT2D eigenvalue weighted by atomic mass is 19.1. The molecule has 0 aliphatic rings. The van der Waals surface area contributed by atoms with E-state index in [1.807, 2.05) is 0 Å². The van der Waals surface area contributed by atoms with Crippen molar-refractivity contribution in [2.24, 2.45) is 0 Å². The molecule has 11 heavy (non-hydrogen) atoms. The first-order valence-corrected chi connectivity index (χ1v) is 2.89. The van der Waals surface area contributed by atoms with E-state index >= 15 is 0 Å². The number of hydrogen-bond donors (Lipinski definition) is 2. The Kier molecular flexibility index (Phi) is 1.03. The number of hydrogen-bond acceptors (Lipinski definition) is 4. The second-order valence-electron chi connectivity index (χ2n) is 2.00. The fraction of sp³-hybridized carbons (Fsp3) is 0. The number of nitrogens with two attached hydrogens (primary N) is 1. The van der Waals surface area contributed by atoms with Gasteiger partial charge in [0.15, 0.2) is 5.65 Å². The molecule has 0 atom stereocenters. The van der Waals surface area contributed by atoms with E-state index in [-0.39, 0.29) is 16.9 Å². The van der Waals surface area contributed by atoms with Crippen LogP contribution in [0.15, 0.2) is 6.33 Å². The minimum atomic E-state index is -0.599. The minimum Gasteiger partial charge on any atom is -0.383 e. The van der Waals surface area contributed by atoms with Gasteiger partial charge in [0, 0.05) is 0 Å². The fourth-order valence-electron chi connectivity index (χ4n) is 0.843. The lowest BCUT2D eigenvalue weighted by Crippen LogP contribution is -1.92. The lowest BCUT2D eigenvalue weighted by molar-refractivity contribution is 0.588. The van der Waals surface area contributed by atoms with Gasteiger partial charge >= 0.3 is 0 Å². The summed E-state index contributed by atoms with van der Waals surface area (Å²) in [5.41, 5.74) is 5.60. The first kappa shape index (κ1) is 6.02. The van der Waals surface area contributed by atoms with Gasteiger partial charge in [0.1, 0.15) is 17.5 Å². The van der Waals surface area contributed by atoms with Crippen LogP contribution in [0.5, 0.6) is 0 Å². The molecule has 56 valence electrons. The average Bonchev–Trinajstić information content (AvgIpc) is 2.34. The third kappa shape index (κ3) is 0.721. The summed E-state index contributed by atoms with van der Waals surface area (Å²) in [5, 5.41) is 5.81. The van der Waals surface area contributed by atoms with E-state index in [1.54, 1.807) is 0 Å². The molecule has 0 fully saturated rings. The summed E-state index contributed by atoms with van der Waals surface area (Å²) in [7, 11) is 0. The molecule has 0 aliphatic heterocycles. The molecule has 6 heteroatoms. The molecule has 0 amide bonds. The number of anilines is 1. The van der Waals surface area contributed by atoms with E-state index in [4.69, 9.17) is 5.73 Å². The number of nitrogens with one attached hydrogen (secondary N) is 1. The highest BCUT2D eigenvalue weighted by molar-refractivity contribution is 5.84. The normalized spacial score (nSPS) is 10.6. The van der Waals surface area contributed by atoms with Crippen molar-refractivity contribution in [1.82, 2.24) is 20.2 Å². The van der Waals surface area contributed by atoms with Gasteiger partial charge < -0.3 is 5.73 Å². The van der Waals surface area contributed by atoms with Crippen molar-refractivity contribution in [2.75, 3.05) is 5.73 Å². The lowest BCUT2D eigenvalue weighted by Gasteiger charge is -1.89. The van der Waals surface area contributed by atoms with Gasteiger partial charge in [-0.1, -0.05) is 0 Å². The largest absolute Gasteiger partial charge is 0.383 e. The van der Waals surface area contributed by atoms with E-state index in [2.05, 4.69) is 20.2 Å². The first-order chi connectivity index (χ1) is 5.29. The van der Waals surface area contributed by atoms with Crippen molar-refractivity contribution in [2.45, 2.75) is 0 Å². The number of aromatic amines is 1. The van der Waals surface area contributed by atoms with Gasteiger partial charge in [0.2, 0.25) is 5.95 Å². The van der Waals surface area contributed by atoms with Gasteiger partial charge in [0.05, 0.1) is 0 Å². The molecule has 2 heterocycles.